The molecule has 1 radical (unpaired) electrons. The Morgan fingerprint density at radius 3 is 2.44 bits per heavy atom. The van der Waals surface area contributed by atoms with Gasteiger partial charge >= 0.3 is 0 Å². The van der Waals surface area contributed by atoms with Crippen LogP contribution in [0.5, 0.6) is 0 Å². The second-order valence-electron chi connectivity index (χ2n) is 5.23. The van der Waals surface area contributed by atoms with Crippen LogP contribution >= 0.6 is 0 Å². The minimum Gasteiger partial charge on any atom is -0.371 e. The first kappa shape index (κ1) is 11.0. The summed E-state index contributed by atoms with van der Waals surface area (Å²) in [5.74, 6) is -0.286. The Labute approximate surface area is 97.4 Å². The van der Waals surface area contributed by atoms with E-state index in [1.807, 2.05) is 0 Å². The molecule has 3 heteroatoms. The van der Waals surface area contributed by atoms with Gasteiger partial charge in [0.1, 0.15) is 12.2 Å². The quantitative estimate of drug-likeness (QED) is 0.532. The summed E-state index contributed by atoms with van der Waals surface area (Å²) in [6, 6.07) is 0. The topological polar surface area (TPSA) is 31.0 Å². The number of ether oxygens (including phenoxy) is 3. The lowest BCUT2D eigenvalue weighted by Crippen LogP contribution is -2.35. The van der Waals surface area contributed by atoms with Gasteiger partial charge in [-0.1, -0.05) is 12.8 Å². The van der Waals surface area contributed by atoms with E-state index in [1.54, 1.807) is 0 Å². The molecule has 1 atom stereocenters. The highest BCUT2D eigenvalue weighted by molar-refractivity contribution is 4.90. The largest absolute Gasteiger partial charge is 0.371 e. The fraction of sp³-hybridized carbons (Fsp3) is 0.923. The molecule has 1 unspecified atom stereocenters. The van der Waals surface area contributed by atoms with Gasteiger partial charge in [-0.25, -0.2) is 0 Å². The molecule has 0 amide bonds. The Balaban J connectivity index is 1.54. The fourth-order valence-corrected chi connectivity index (χ4v) is 2.73. The lowest BCUT2D eigenvalue weighted by molar-refractivity contribution is -0.229. The van der Waals surface area contributed by atoms with Gasteiger partial charge in [-0.15, -0.1) is 0 Å². The van der Waals surface area contributed by atoms with Crippen molar-refractivity contribution in [3.8, 4) is 0 Å². The summed E-state index contributed by atoms with van der Waals surface area (Å²) in [5.41, 5.74) is 0. The number of hydrogen-bond acceptors (Lipinski definition) is 3. The maximum Gasteiger partial charge on any atom is 0.169 e. The third-order valence-corrected chi connectivity index (χ3v) is 3.79. The third kappa shape index (κ3) is 2.58. The predicted octanol–water partition coefficient (Wildman–Crippen LogP) is 2.79. The minimum atomic E-state index is -0.286. The first-order valence-corrected chi connectivity index (χ1v) is 6.66. The molecule has 2 aliphatic carbocycles. The van der Waals surface area contributed by atoms with Gasteiger partial charge in [0, 0.05) is 12.8 Å². The highest BCUT2D eigenvalue weighted by atomic mass is 16.7. The van der Waals surface area contributed by atoms with Gasteiger partial charge in [0.15, 0.2) is 5.79 Å². The van der Waals surface area contributed by atoms with Crippen molar-refractivity contribution in [1.29, 1.82) is 0 Å². The molecular weight excluding hydrogens is 204 g/mol. The Hall–Kier alpha value is -0.120. The van der Waals surface area contributed by atoms with Crippen LogP contribution in [0.1, 0.15) is 51.4 Å². The average Bonchev–Trinajstić information content (AvgIpc) is 2.78. The molecule has 1 saturated heterocycles. The summed E-state index contributed by atoms with van der Waals surface area (Å²) in [4.78, 5) is 0. The van der Waals surface area contributed by atoms with E-state index >= 15 is 0 Å². The molecule has 1 aliphatic heterocycles. The molecule has 2 saturated carbocycles. The number of hydrogen-bond donors (Lipinski definition) is 0. The van der Waals surface area contributed by atoms with E-state index in [4.69, 9.17) is 14.2 Å². The molecule has 0 bridgehead atoms. The van der Waals surface area contributed by atoms with Crippen LogP contribution in [0, 0.1) is 6.10 Å². The van der Waals surface area contributed by atoms with Gasteiger partial charge < -0.3 is 14.2 Å². The number of epoxide rings is 1. The van der Waals surface area contributed by atoms with Crippen molar-refractivity contribution in [2.24, 2.45) is 0 Å². The zero-order valence-electron chi connectivity index (χ0n) is 9.87. The normalized spacial score (nSPS) is 33.4. The fourth-order valence-electron chi connectivity index (χ4n) is 2.73. The van der Waals surface area contributed by atoms with Crippen LogP contribution in [0.25, 0.3) is 0 Å². The first-order chi connectivity index (χ1) is 7.86. The van der Waals surface area contributed by atoms with Crippen LogP contribution in [0.15, 0.2) is 0 Å². The van der Waals surface area contributed by atoms with Crippen molar-refractivity contribution < 1.29 is 14.2 Å². The standard InChI is InChI=1S/C13H21O3/c1-2-6-11(5-1)16-13(7-3-4-8-13)15-10-12-9-14-12/h12H,1-10H2. The molecule has 0 aromatic carbocycles. The van der Waals surface area contributed by atoms with Gasteiger partial charge in [0.05, 0.1) is 13.2 Å². The zero-order valence-corrected chi connectivity index (χ0v) is 9.87. The summed E-state index contributed by atoms with van der Waals surface area (Å²) < 4.78 is 17.4. The SMILES string of the molecule is C1CC[C](OC2(OCC3CO3)CCCC2)C1. The molecule has 0 N–H and O–H groups in total. The Kier molecular flexibility index (Phi) is 3.18. The molecule has 3 aliphatic rings. The zero-order chi connectivity index (χ0) is 10.8. The molecule has 0 aromatic rings. The van der Waals surface area contributed by atoms with Crippen LogP contribution in [-0.4, -0.2) is 25.1 Å². The van der Waals surface area contributed by atoms with E-state index in [2.05, 4.69) is 0 Å². The van der Waals surface area contributed by atoms with Gasteiger partial charge in [0.2, 0.25) is 0 Å². The molecule has 3 nitrogen and oxygen atoms in total. The molecule has 0 aromatic heterocycles. The average molecular weight is 225 g/mol. The number of rotatable bonds is 5. The van der Waals surface area contributed by atoms with Gasteiger partial charge in [-0.05, 0) is 25.7 Å². The molecule has 3 fully saturated rings. The van der Waals surface area contributed by atoms with Crippen LogP contribution in [0.2, 0.25) is 0 Å². The Morgan fingerprint density at radius 1 is 1.12 bits per heavy atom. The lowest BCUT2D eigenvalue weighted by atomic mass is 10.2. The molecular formula is C13H21O3. The van der Waals surface area contributed by atoms with Crippen molar-refractivity contribution in [3.63, 3.8) is 0 Å². The monoisotopic (exact) mass is 225 g/mol. The van der Waals surface area contributed by atoms with Crippen LogP contribution < -0.4 is 0 Å². The summed E-state index contributed by atoms with van der Waals surface area (Å²) in [6.07, 6.45) is 11.1. The smallest absolute Gasteiger partial charge is 0.169 e. The molecule has 3 rings (SSSR count). The van der Waals surface area contributed by atoms with E-state index in [9.17, 15) is 0 Å². The third-order valence-electron chi connectivity index (χ3n) is 3.79. The molecule has 1 heterocycles. The van der Waals surface area contributed by atoms with Gasteiger partial charge in [-0.2, -0.15) is 0 Å². The highest BCUT2D eigenvalue weighted by Crippen LogP contribution is 2.41. The van der Waals surface area contributed by atoms with Crippen molar-refractivity contribution in [2.45, 2.75) is 63.3 Å². The molecule has 91 valence electrons. The second kappa shape index (κ2) is 4.63. The van der Waals surface area contributed by atoms with Crippen LogP contribution in [-0.2, 0) is 14.2 Å². The molecule has 16 heavy (non-hydrogen) atoms. The van der Waals surface area contributed by atoms with E-state index in [1.165, 1.54) is 31.8 Å². The highest BCUT2D eigenvalue weighted by Gasteiger charge is 2.40. The minimum absolute atomic E-state index is 0.286. The maximum atomic E-state index is 6.18. The van der Waals surface area contributed by atoms with E-state index in [0.717, 1.165) is 32.3 Å². The Morgan fingerprint density at radius 2 is 1.81 bits per heavy atom. The van der Waals surface area contributed by atoms with E-state index in [0.29, 0.717) is 12.7 Å². The summed E-state index contributed by atoms with van der Waals surface area (Å²) in [5, 5.41) is 0. The van der Waals surface area contributed by atoms with E-state index in [-0.39, 0.29) is 5.79 Å². The predicted molar refractivity (Wildman–Crippen MR) is 59.7 cm³/mol. The van der Waals surface area contributed by atoms with Crippen molar-refractivity contribution >= 4 is 0 Å². The maximum absolute atomic E-state index is 6.18. The summed E-state index contributed by atoms with van der Waals surface area (Å²) >= 11 is 0. The van der Waals surface area contributed by atoms with Crippen molar-refractivity contribution in [1.82, 2.24) is 0 Å². The van der Waals surface area contributed by atoms with Crippen LogP contribution in [0.3, 0.4) is 0 Å². The summed E-state index contributed by atoms with van der Waals surface area (Å²) in [7, 11) is 0. The second-order valence-corrected chi connectivity index (χ2v) is 5.23. The van der Waals surface area contributed by atoms with E-state index < -0.39 is 0 Å². The first-order valence-electron chi connectivity index (χ1n) is 6.66. The van der Waals surface area contributed by atoms with Gasteiger partial charge in [0.25, 0.3) is 0 Å². The van der Waals surface area contributed by atoms with Crippen LogP contribution in [0.4, 0.5) is 0 Å². The van der Waals surface area contributed by atoms with Crippen molar-refractivity contribution in [2.75, 3.05) is 13.2 Å². The molecule has 0 spiro atoms. The summed E-state index contributed by atoms with van der Waals surface area (Å²) in [6.45, 7) is 1.58. The Bertz CT molecular complexity index is 225. The van der Waals surface area contributed by atoms with Gasteiger partial charge in [-0.3, -0.25) is 0 Å². The lowest BCUT2D eigenvalue weighted by Gasteiger charge is -2.32. The van der Waals surface area contributed by atoms with Crippen molar-refractivity contribution in [3.05, 3.63) is 6.10 Å².